The number of carbonyl (C=O) groups is 3. The maximum atomic E-state index is 13.1. The highest BCUT2D eigenvalue weighted by atomic mass is 16.5. The highest BCUT2D eigenvalue weighted by Crippen LogP contribution is 2.41. The maximum absolute atomic E-state index is 13.1. The third-order valence-corrected chi connectivity index (χ3v) is 6.63. The number of esters is 1. The second kappa shape index (κ2) is 9.02. The molecule has 7 heteroatoms. The van der Waals surface area contributed by atoms with Crippen molar-refractivity contribution in [2.45, 2.75) is 25.3 Å². The molecule has 1 unspecified atom stereocenters. The second-order valence-corrected chi connectivity index (χ2v) is 8.56. The first-order valence-electron chi connectivity index (χ1n) is 11.3. The number of amides is 1. The SMILES string of the molecule is O=C(OCC(=O)N1CCC(C(=O)CC2c3ccccc3-c3cncn32)CC1)c1ccccc1. The predicted octanol–water partition coefficient (Wildman–Crippen LogP) is 3.51. The summed E-state index contributed by atoms with van der Waals surface area (Å²) in [6, 6.07) is 16.8. The second-order valence-electron chi connectivity index (χ2n) is 8.56. The van der Waals surface area contributed by atoms with E-state index in [-0.39, 0.29) is 30.3 Å². The molecule has 0 radical (unpaired) electrons. The average molecular weight is 444 g/mol. The van der Waals surface area contributed by atoms with Crippen LogP contribution in [-0.2, 0) is 14.3 Å². The summed E-state index contributed by atoms with van der Waals surface area (Å²) in [6.07, 6.45) is 5.32. The number of aromatic nitrogens is 2. The molecule has 5 rings (SSSR count). The minimum Gasteiger partial charge on any atom is -0.452 e. The number of fused-ring (bicyclic) bond motifs is 3. The zero-order chi connectivity index (χ0) is 22.8. The number of imidazole rings is 1. The zero-order valence-corrected chi connectivity index (χ0v) is 18.2. The molecule has 168 valence electrons. The standard InChI is InChI=1S/C26H25N3O4/c30-24(14-22-20-8-4-5-9-21(20)23-15-27-17-29(22)23)18-10-12-28(13-11-18)25(31)16-33-26(32)19-6-2-1-3-7-19/h1-9,15,17-18,22H,10-14,16H2. The van der Waals surface area contributed by atoms with E-state index in [1.165, 1.54) is 0 Å². The predicted molar refractivity (Wildman–Crippen MR) is 121 cm³/mol. The third-order valence-electron chi connectivity index (χ3n) is 6.63. The number of ether oxygens (including phenoxy) is 1. The Morgan fingerprint density at radius 2 is 1.70 bits per heavy atom. The molecule has 0 spiro atoms. The first kappa shape index (κ1) is 21.1. The lowest BCUT2D eigenvalue weighted by molar-refractivity contribution is -0.137. The van der Waals surface area contributed by atoms with Gasteiger partial charge in [-0.05, 0) is 30.5 Å². The number of carbonyl (C=O) groups excluding carboxylic acids is 3. The van der Waals surface area contributed by atoms with Gasteiger partial charge in [0.05, 0.1) is 29.8 Å². The quantitative estimate of drug-likeness (QED) is 0.545. The van der Waals surface area contributed by atoms with Crippen LogP contribution in [0.4, 0.5) is 0 Å². The molecule has 0 N–H and O–H groups in total. The monoisotopic (exact) mass is 443 g/mol. The molecule has 1 saturated heterocycles. The minimum atomic E-state index is -0.510. The molecule has 2 aliphatic heterocycles. The molecule has 33 heavy (non-hydrogen) atoms. The van der Waals surface area contributed by atoms with Crippen LogP contribution in [0, 0.1) is 5.92 Å². The Balaban J connectivity index is 1.14. The van der Waals surface area contributed by atoms with Gasteiger partial charge in [0.15, 0.2) is 6.61 Å². The van der Waals surface area contributed by atoms with Gasteiger partial charge in [0.2, 0.25) is 0 Å². The molecule has 7 nitrogen and oxygen atoms in total. The number of Topliss-reactive ketones (excluding diaryl/α,β-unsaturated/α-hetero) is 1. The van der Waals surface area contributed by atoms with Crippen LogP contribution in [0.5, 0.6) is 0 Å². The summed E-state index contributed by atoms with van der Waals surface area (Å²) >= 11 is 0. The minimum absolute atomic E-state index is 0.0248. The molecule has 1 fully saturated rings. The molecular formula is C26H25N3O4. The van der Waals surface area contributed by atoms with Gasteiger partial charge < -0.3 is 14.2 Å². The third kappa shape index (κ3) is 4.18. The van der Waals surface area contributed by atoms with Crippen LogP contribution in [0.15, 0.2) is 67.1 Å². The van der Waals surface area contributed by atoms with Crippen molar-refractivity contribution in [2.24, 2.45) is 5.92 Å². The van der Waals surface area contributed by atoms with Crippen molar-refractivity contribution in [3.05, 3.63) is 78.2 Å². The normalized spacial score (nSPS) is 17.3. The van der Waals surface area contributed by atoms with E-state index in [1.807, 2.05) is 24.4 Å². The molecule has 3 aromatic rings. The van der Waals surface area contributed by atoms with E-state index in [2.05, 4.69) is 21.7 Å². The van der Waals surface area contributed by atoms with Gasteiger partial charge >= 0.3 is 5.97 Å². The first-order chi connectivity index (χ1) is 16.1. The van der Waals surface area contributed by atoms with E-state index < -0.39 is 5.97 Å². The lowest BCUT2D eigenvalue weighted by Gasteiger charge is -2.31. The first-order valence-corrected chi connectivity index (χ1v) is 11.3. The highest BCUT2D eigenvalue weighted by Gasteiger charge is 2.33. The van der Waals surface area contributed by atoms with Crippen LogP contribution in [0.1, 0.15) is 41.2 Å². The van der Waals surface area contributed by atoms with Crippen molar-refractivity contribution in [3.63, 3.8) is 0 Å². The summed E-state index contributed by atoms with van der Waals surface area (Å²) in [5.74, 6) is -0.581. The van der Waals surface area contributed by atoms with Crippen LogP contribution in [-0.4, -0.2) is 51.8 Å². The topological polar surface area (TPSA) is 81.5 Å². The van der Waals surface area contributed by atoms with Gasteiger partial charge in [-0.1, -0.05) is 42.5 Å². The van der Waals surface area contributed by atoms with Crippen LogP contribution in [0.3, 0.4) is 0 Å². The summed E-state index contributed by atoms with van der Waals surface area (Å²) in [5, 5.41) is 0. The Morgan fingerprint density at radius 1 is 0.970 bits per heavy atom. The summed E-state index contributed by atoms with van der Waals surface area (Å²) in [7, 11) is 0. The summed E-state index contributed by atoms with van der Waals surface area (Å²) < 4.78 is 7.24. The number of ketones is 1. The summed E-state index contributed by atoms with van der Waals surface area (Å²) in [5.41, 5.74) is 3.77. The smallest absolute Gasteiger partial charge is 0.338 e. The largest absolute Gasteiger partial charge is 0.452 e. The Morgan fingerprint density at radius 3 is 2.48 bits per heavy atom. The fraction of sp³-hybridized carbons (Fsp3) is 0.308. The number of hydrogen-bond acceptors (Lipinski definition) is 5. The van der Waals surface area contributed by atoms with Crippen LogP contribution in [0.2, 0.25) is 0 Å². The zero-order valence-electron chi connectivity index (χ0n) is 18.2. The molecular weight excluding hydrogens is 418 g/mol. The fourth-order valence-corrected chi connectivity index (χ4v) is 4.82. The lowest BCUT2D eigenvalue weighted by atomic mass is 9.87. The Bertz CT molecular complexity index is 1180. The van der Waals surface area contributed by atoms with Gasteiger partial charge in [-0.2, -0.15) is 0 Å². The molecule has 3 heterocycles. The van der Waals surface area contributed by atoms with E-state index in [0.717, 1.165) is 16.8 Å². The van der Waals surface area contributed by atoms with E-state index in [9.17, 15) is 14.4 Å². The van der Waals surface area contributed by atoms with Crippen molar-refractivity contribution >= 4 is 17.7 Å². The number of likely N-dealkylation sites (tertiary alicyclic amines) is 1. The number of rotatable bonds is 6. The molecule has 2 aliphatic rings. The Kier molecular flexibility index (Phi) is 5.77. The van der Waals surface area contributed by atoms with Crippen LogP contribution >= 0.6 is 0 Å². The van der Waals surface area contributed by atoms with Gasteiger partial charge in [-0.25, -0.2) is 9.78 Å². The van der Waals surface area contributed by atoms with Crippen LogP contribution in [0.25, 0.3) is 11.3 Å². The van der Waals surface area contributed by atoms with Crippen molar-refractivity contribution < 1.29 is 19.1 Å². The Hall–Kier alpha value is -3.74. The fourth-order valence-electron chi connectivity index (χ4n) is 4.82. The van der Waals surface area contributed by atoms with E-state index in [0.29, 0.717) is 37.9 Å². The summed E-state index contributed by atoms with van der Waals surface area (Å²) in [6.45, 7) is 0.708. The van der Waals surface area contributed by atoms with Gasteiger partial charge in [0, 0.05) is 31.0 Å². The molecule has 0 aliphatic carbocycles. The van der Waals surface area contributed by atoms with Gasteiger partial charge in [-0.3, -0.25) is 9.59 Å². The van der Waals surface area contributed by atoms with Crippen molar-refractivity contribution in [1.29, 1.82) is 0 Å². The van der Waals surface area contributed by atoms with Crippen molar-refractivity contribution in [1.82, 2.24) is 14.5 Å². The highest BCUT2D eigenvalue weighted by molar-refractivity contribution is 5.91. The molecule has 1 aromatic heterocycles. The number of nitrogens with zero attached hydrogens (tertiary/aromatic N) is 3. The number of hydrogen-bond donors (Lipinski definition) is 0. The van der Waals surface area contributed by atoms with Gasteiger partial charge in [-0.15, -0.1) is 0 Å². The van der Waals surface area contributed by atoms with E-state index in [4.69, 9.17) is 4.74 Å². The molecule has 0 bridgehead atoms. The molecule has 1 amide bonds. The summed E-state index contributed by atoms with van der Waals surface area (Å²) in [4.78, 5) is 43.6. The number of piperidine rings is 1. The Labute approximate surface area is 192 Å². The van der Waals surface area contributed by atoms with Gasteiger partial charge in [0.1, 0.15) is 5.78 Å². The van der Waals surface area contributed by atoms with Crippen LogP contribution < -0.4 is 0 Å². The molecule has 1 atom stereocenters. The molecule has 2 aromatic carbocycles. The van der Waals surface area contributed by atoms with Gasteiger partial charge in [0.25, 0.3) is 5.91 Å². The number of benzene rings is 2. The van der Waals surface area contributed by atoms with E-state index in [1.54, 1.807) is 35.5 Å². The average Bonchev–Trinajstić information content (AvgIpc) is 3.45. The van der Waals surface area contributed by atoms with Crippen molar-refractivity contribution in [3.8, 4) is 11.3 Å². The maximum Gasteiger partial charge on any atom is 0.338 e. The lowest BCUT2D eigenvalue weighted by Crippen LogP contribution is -2.42. The van der Waals surface area contributed by atoms with E-state index >= 15 is 0 Å². The molecule has 0 saturated carbocycles. The van der Waals surface area contributed by atoms with Crippen molar-refractivity contribution in [2.75, 3.05) is 19.7 Å².